The van der Waals surface area contributed by atoms with Crippen molar-refractivity contribution in [2.75, 3.05) is 4.90 Å². The fourth-order valence-electron chi connectivity index (χ4n) is 8.31. The number of hydrogen-bond donors (Lipinski definition) is 0. The Hall–Kier alpha value is -7.76. The SMILES string of the molecule is c1ccc2cc(-c3ccc4c(ccc5cc(N(c6ccc(-c7cccc8nnccc78)cc6)c6ccc(-c7cccc8nnccc78)cc6)ccc54)c3)ccc2c1. The Kier molecular flexibility index (Phi) is 7.74. The number of hydrogen-bond acceptors (Lipinski definition) is 5. The van der Waals surface area contributed by atoms with E-state index in [2.05, 4.69) is 177 Å². The molecule has 0 radical (unpaired) electrons. The zero-order chi connectivity index (χ0) is 37.7. The first kappa shape index (κ1) is 32.7. The molecule has 0 aliphatic heterocycles. The van der Waals surface area contributed by atoms with Gasteiger partial charge in [-0.25, -0.2) is 0 Å². The molecule has 2 aromatic heterocycles. The van der Waals surface area contributed by atoms with Gasteiger partial charge in [0.15, 0.2) is 0 Å². The third kappa shape index (κ3) is 5.81. The number of anilines is 3. The van der Waals surface area contributed by atoms with Crippen molar-refractivity contribution in [2.24, 2.45) is 0 Å². The van der Waals surface area contributed by atoms with Crippen LogP contribution >= 0.6 is 0 Å². The van der Waals surface area contributed by atoms with Crippen molar-refractivity contribution >= 4 is 71.2 Å². The van der Waals surface area contributed by atoms with Gasteiger partial charge in [0.2, 0.25) is 0 Å². The van der Waals surface area contributed by atoms with Crippen molar-refractivity contribution < 1.29 is 0 Å². The molecule has 0 bridgehead atoms. The smallest absolute Gasteiger partial charge is 0.0935 e. The van der Waals surface area contributed by atoms with Crippen LogP contribution in [0.2, 0.25) is 0 Å². The molecule has 0 unspecified atom stereocenters. The second kappa shape index (κ2) is 13.5. The van der Waals surface area contributed by atoms with Crippen molar-refractivity contribution in [1.29, 1.82) is 0 Å². The summed E-state index contributed by atoms with van der Waals surface area (Å²) in [5, 5.41) is 26.4. The van der Waals surface area contributed by atoms with Crippen LogP contribution < -0.4 is 4.90 Å². The lowest BCUT2D eigenvalue weighted by molar-refractivity contribution is 1.08. The highest BCUT2D eigenvalue weighted by atomic mass is 15.1. The molecule has 0 fully saturated rings. The molecule has 57 heavy (non-hydrogen) atoms. The number of rotatable bonds is 6. The Morgan fingerprint density at radius 1 is 0.298 bits per heavy atom. The van der Waals surface area contributed by atoms with Crippen LogP contribution in [0.1, 0.15) is 0 Å². The van der Waals surface area contributed by atoms with Gasteiger partial charge in [0, 0.05) is 27.8 Å². The van der Waals surface area contributed by atoms with E-state index < -0.39 is 0 Å². The van der Waals surface area contributed by atoms with E-state index in [9.17, 15) is 0 Å². The quantitative estimate of drug-likeness (QED) is 0.160. The van der Waals surface area contributed by atoms with Crippen molar-refractivity contribution in [3.8, 4) is 33.4 Å². The molecule has 0 saturated heterocycles. The molecule has 11 rings (SSSR count). The summed E-state index contributed by atoms with van der Waals surface area (Å²) >= 11 is 0. The van der Waals surface area contributed by atoms with Gasteiger partial charge in [-0.1, -0.05) is 115 Å². The Morgan fingerprint density at radius 3 is 1.39 bits per heavy atom. The van der Waals surface area contributed by atoms with Crippen molar-refractivity contribution in [2.45, 2.75) is 0 Å². The third-order valence-electron chi connectivity index (χ3n) is 11.1. The van der Waals surface area contributed by atoms with Gasteiger partial charge in [-0.05, 0) is 138 Å². The molecule has 0 N–H and O–H groups in total. The highest BCUT2D eigenvalue weighted by molar-refractivity contribution is 6.10. The molecule has 0 aliphatic carbocycles. The second-order valence-electron chi connectivity index (χ2n) is 14.4. The first-order valence-corrected chi connectivity index (χ1v) is 19.1. The lowest BCUT2D eigenvalue weighted by Gasteiger charge is -2.26. The fourth-order valence-corrected chi connectivity index (χ4v) is 8.31. The number of benzene rings is 9. The highest BCUT2D eigenvalue weighted by Gasteiger charge is 2.16. The molecular weight excluding hydrogens is 695 g/mol. The van der Waals surface area contributed by atoms with Crippen LogP contribution in [0.25, 0.3) is 87.5 Å². The minimum Gasteiger partial charge on any atom is -0.310 e. The van der Waals surface area contributed by atoms with E-state index in [4.69, 9.17) is 0 Å². The predicted molar refractivity (Wildman–Crippen MR) is 236 cm³/mol. The molecule has 11 aromatic rings. The average Bonchev–Trinajstić information content (AvgIpc) is 3.29. The first-order valence-electron chi connectivity index (χ1n) is 19.1. The number of fused-ring (bicyclic) bond motifs is 6. The molecular formula is C52H33N5. The summed E-state index contributed by atoms with van der Waals surface area (Å²) < 4.78 is 0. The molecule has 5 nitrogen and oxygen atoms in total. The van der Waals surface area contributed by atoms with Crippen LogP contribution in [0.3, 0.4) is 0 Å². The Bertz CT molecular complexity index is 3170. The summed E-state index contributed by atoms with van der Waals surface area (Å²) in [5.41, 5.74) is 11.9. The zero-order valence-corrected chi connectivity index (χ0v) is 30.8. The largest absolute Gasteiger partial charge is 0.310 e. The van der Waals surface area contributed by atoms with E-state index in [1.165, 1.54) is 43.4 Å². The van der Waals surface area contributed by atoms with Gasteiger partial charge in [-0.3, -0.25) is 0 Å². The molecule has 0 spiro atoms. The van der Waals surface area contributed by atoms with Crippen LogP contribution in [0.15, 0.2) is 200 Å². The highest BCUT2D eigenvalue weighted by Crippen LogP contribution is 2.40. The Labute approximate surface area is 329 Å². The second-order valence-corrected chi connectivity index (χ2v) is 14.4. The van der Waals surface area contributed by atoms with Crippen LogP contribution in [0.5, 0.6) is 0 Å². The minimum atomic E-state index is 0.882. The summed E-state index contributed by atoms with van der Waals surface area (Å²) in [5.74, 6) is 0. The van der Waals surface area contributed by atoms with Crippen LogP contribution in [0, 0.1) is 0 Å². The maximum Gasteiger partial charge on any atom is 0.0935 e. The van der Waals surface area contributed by atoms with E-state index >= 15 is 0 Å². The molecule has 0 amide bonds. The molecule has 0 aliphatic rings. The fraction of sp³-hybridized carbons (Fsp3) is 0. The molecule has 5 heteroatoms. The maximum atomic E-state index is 4.35. The molecule has 266 valence electrons. The number of aromatic nitrogens is 4. The van der Waals surface area contributed by atoms with Crippen LogP contribution in [-0.4, -0.2) is 20.4 Å². The lowest BCUT2D eigenvalue weighted by atomic mass is 9.96. The first-order chi connectivity index (χ1) is 28.2. The minimum absolute atomic E-state index is 0.882. The van der Waals surface area contributed by atoms with Crippen molar-refractivity contribution in [3.63, 3.8) is 0 Å². The van der Waals surface area contributed by atoms with E-state index in [1.54, 1.807) is 12.4 Å². The Balaban J connectivity index is 1.00. The summed E-state index contributed by atoms with van der Waals surface area (Å²) in [6.45, 7) is 0. The van der Waals surface area contributed by atoms with Crippen LogP contribution in [-0.2, 0) is 0 Å². The van der Waals surface area contributed by atoms with E-state index in [0.717, 1.165) is 61.1 Å². The maximum absolute atomic E-state index is 4.35. The predicted octanol–water partition coefficient (Wildman–Crippen LogP) is 13.5. The van der Waals surface area contributed by atoms with Gasteiger partial charge in [-0.2, -0.15) is 20.4 Å². The molecule has 9 aromatic carbocycles. The normalized spacial score (nSPS) is 11.5. The third-order valence-corrected chi connectivity index (χ3v) is 11.1. The van der Waals surface area contributed by atoms with Gasteiger partial charge in [0.05, 0.1) is 23.4 Å². The molecule has 2 heterocycles. The standard InChI is InChI=1S/C52H33N5/c1-2-6-37-31-38(12-11-34(37)5-1)39-19-25-47-40(32-39)13-14-41-33-44(24-26-48(41)47)57(42-20-15-35(16-21-42)45-7-3-9-51-49(45)27-29-53-55-51)43-22-17-36(18-23-43)46-8-4-10-52-50(46)28-30-54-56-52/h1-33H. The van der Waals surface area contributed by atoms with Gasteiger partial charge >= 0.3 is 0 Å². The van der Waals surface area contributed by atoms with Gasteiger partial charge in [-0.15, -0.1) is 0 Å². The lowest BCUT2D eigenvalue weighted by Crippen LogP contribution is -2.10. The average molecular weight is 728 g/mol. The summed E-state index contributed by atoms with van der Waals surface area (Å²) in [4.78, 5) is 2.34. The molecule has 0 saturated carbocycles. The van der Waals surface area contributed by atoms with Gasteiger partial charge in [0.25, 0.3) is 0 Å². The monoisotopic (exact) mass is 727 g/mol. The summed E-state index contributed by atoms with van der Waals surface area (Å²) in [6, 6.07) is 67.5. The zero-order valence-electron chi connectivity index (χ0n) is 30.8. The van der Waals surface area contributed by atoms with Crippen LogP contribution in [0.4, 0.5) is 17.1 Å². The van der Waals surface area contributed by atoms with Gasteiger partial charge in [0.1, 0.15) is 0 Å². The molecule has 0 atom stereocenters. The van der Waals surface area contributed by atoms with E-state index in [-0.39, 0.29) is 0 Å². The van der Waals surface area contributed by atoms with Gasteiger partial charge < -0.3 is 4.90 Å². The van der Waals surface area contributed by atoms with E-state index in [1.807, 2.05) is 36.4 Å². The van der Waals surface area contributed by atoms with Crippen molar-refractivity contribution in [1.82, 2.24) is 20.4 Å². The number of nitrogens with zero attached hydrogens (tertiary/aromatic N) is 5. The van der Waals surface area contributed by atoms with E-state index in [0.29, 0.717) is 0 Å². The summed E-state index contributed by atoms with van der Waals surface area (Å²) in [6.07, 6.45) is 3.51. The Morgan fingerprint density at radius 2 is 0.772 bits per heavy atom. The summed E-state index contributed by atoms with van der Waals surface area (Å²) in [7, 11) is 0. The van der Waals surface area contributed by atoms with Crippen molar-refractivity contribution in [3.05, 3.63) is 200 Å². The topological polar surface area (TPSA) is 54.8 Å².